The number of aromatic nitrogens is 3. The van der Waals surface area contributed by atoms with Gasteiger partial charge in [-0.3, -0.25) is 9.59 Å². The molecule has 1 aromatic carbocycles. The molecule has 6 nitrogen and oxygen atoms in total. The first-order valence-corrected chi connectivity index (χ1v) is 11.6. The second-order valence-corrected chi connectivity index (χ2v) is 9.58. The normalized spacial score (nSPS) is 10.9. The Balaban J connectivity index is 1.44. The molecule has 0 atom stereocenters. The number of thiophene rings is 1. The molecular weight excluding hydrogens is 452 g/mol. The molecule has 0 bridgehead atoms. The van der Waals surface area contributed by atoms with Crippen molar-refractivity contribution in [3.05, 3.63) is 84.4 Å². The highest BCUT2D eigenvalue weighted by molar-refractivity contribution is 7.16. The Morgan fingerprint density at radius 1 is 1.16 bits per heavy atom. The van der Waals surface area contributed by atoms with E-state index in [0.29, 0.717) is 23.7 Å². The van der Waals surface area contributed by atoms with E-state index in [1.54, 1.807) is 58.5 Å². The first-order valence-electron chi connectivity index (χ1n) is 9.57. The number of hydrogen-bond acceptors (Lipinski definition) is 6. The Bertz CT molecular complexity index is 1290. The fourth-order valence-corrected chi connectivity index (χ4v) is 4.84. The summed E-state index contributed by atoms with van der Waals surface area (Å²) in [5.74, 6) is -0.486. The van der Waals surface area contributed by atoms with E-state index in [1.807, 2.05) is 24.4 Å². The molecule has 0 aliphatic carbocycles. The van der Waals surface area contributed by atoms with E-state index in [0.717, 1.165) is 26.1 Å². The Kier molecular flexibility index (Phi) is 6.31. The molecule has 31 heavy (non-hydrogen) atoms. The average molecular weight is 471 g/mol. The van der Waals surface area contributed by atoms with Gasteiger partial charge in [0.25, 0.3) is 5.91 Å². The van der Waals surface area contributed by atoms with E-state index in [2.05, 4.69) is 15.4 Å². The quantitative estimate of drug-likeness (QED) is 0.444. The van der Waals surface area contributed by atoms with Crippen LogP contribution in [0.4, 0.5) is 0 Å². The number of benzene rings is 1. The standard InChI is InChI=1S/C22H19ClN4O2S2/c1-13-11-19(28)21(26-27(13)16-5-3-15(23)4-6-16)22(29)24-10-9-17-7-8-20(31-17)18-12-30-14(2)25-18/h3-8,11-12H,9-10H2,1-2H3,(H,24,29). The summed E-state index contributed by atoms with van der Waals surface area (Å²) in [6.45, 7) is 4.16. The van der Waals surface area contributed by atoms with Gasteiger partial charge in [-0.1, -0.05) is 11.6 Å². The number of carbonyl (C=O) groups is 1. The molecule has 1 N–H and O–H groups in total. The number of nitrogens with one attached hydrogen (secondary N) is 1. The monoisotopic (exact) mass is 470 g/mol. The number of hydrogen-bond donors (Lipinski definition) is 1. The van der Waals surface area contributed by atoms with Crippen molar-refractivity contribution >= 4 is 40.2 Å². The number of thiazole rings is 1. The van der Waals surface area contributed by atoms with Crippen molar-refractivity contribution in [3.63, 3.8) is 0 Å². The lowest BCUT2D eigenvalue weighted by atomic mass is 10.2. The van der Waals surface area contributed by atoms with E-state index >= 15 is 0 Å². The minimum Gasteiger partial charge on any atom is -0.350 e. The number of nitrogens with zero attached hydrogens (tertiary/aromatic N) is 3. The third-order valence-corrected chi connectivity index (χ3v) is 6.78. The molecule has 4 aromatic rings. The summed E-state index contributed by atoms with van der Waals surface area (Å²) >= 11 is 9.22. The molecule has 3 heterocycles. The van der Waals surface area contributed by atoms with Crippen molar-refractivity contribution < 1.29 is 4.79 Å². The zero-order chi connectivity index (χ0) is 22.0. The molecule has 0 radical (unpaired) electrons. The maximum Gasteiger partial charge on any atom is 0.275 e. The largest absolute Gasteiger partial charge is 0.350 e. The predicted octanol–water partition coefficient (Wildman–Crippen LogP) is 4.66. The van der Waals surface area contributed by atoms with Gasteiger partial charge in [-0.15, -0.1) is 22.7 Å². The molecule has 9 heteroatoms. The fraction of sp³-hybridized carbons (Fsp3) is 0.182. The number of rotatable bonds is 6. The van der Waals surface area contributed by atoms with Gasteiger partial charge in [0.05, 0.1) is 21.3 Å². The second-order valence-electron chi connectivity index (χ2n) is 6.91. The molecule has 0 unspecified atom stereocenters. The van der Waals surface area contributed by atoms with Gasteiger partial charge < -0.3 is 5.32 Å². The van der Waals surface area contributed by atoms with Crippen LogP contribution in [0.15, 0.2) is 52.6 Å². The molecule has 1 amide bonds. The van der Waals surface area contributed by atoms with Crippen LogP contribution in [0.5, 0.6) is 0 Å². The summed E-state index contributed by atoms with van der Waals surface area (Å²) in [5.41, 5.74) is 1.80. The van der Waals surface area contributed by atoms with Gasteiger partial charge in [0.1, 0.15) is 0 Å². The number of aryl methyl sites for hydroxylation is 2. The van der Waals surface area contributed by atoms with Crippen molar-refractivity contribution in [3.8, 4) is 16.3 Å². The maximum atomic E-state index is 12.6. The van der Waals surface area contributed by atoms with E-state index in [9.17, 15) is 9.59 Å². The number of halogens is 1. The summed E-state index contributed by atoms with van der Waals surface area (Å²) in [6.07, 6.45) is 0.663. The van der Waals surface area contributed by atoms with Crippen LogP contribution < -0.4 is 10.7 Å². The van der Waals surface area contributed by atoms with Crippen molar-refractivity contribution in [1.82, 2.24) is 20.1 Å². The molecule has 0 aliphatic rings. The smallest absolute Gasteiger partial charge is 0.275 e. The Morgan fingerprint density at radius 3 is 2.65 bits per heavy atom. The van der Waals surface area contributed by atoms with E-state index < -0.39 is 11.3 Å². The molecule has 0 saturated heterocycles. The second kappa shape index (κ2) is 9.13. The topological polar surface area (TPSA) is 76.9 Å². The molecule has 0 saturated carbocycles. The molecule has 0 aliphatic heterocycles. The lowest BCUT2D eigenvalue weighted by molar-refractivity contribution is 0.0946. The van der Waals surface area contributed by atoms with Crippen LogP contribution in [0, 0.1) is 13.8 Å². The molecule has 0 fully saturated rings. The van der Waals surface area contributed by atoms with Gasteiger partial charge in [0.15, 0.2) is 5.69 Å². The Labute approximate surface area is 192 Å². The third-order valence-electron chi connectivity index (χ3n) is 4.58. The fourth-order valence-electron chi connectivity index (χ4n) is 3.06. The average Bonchev–Trinajstić information content (AvgIpc) is 3.38. The zero-order valence-corrected chi connectivity index (χ0v) is 19.3. The van der Waals surface area contributed by atoms with Crippen LogP contribution in [0.1, 0.15) is 26.1 Å². The predicted molar refractivity (Wildman–Crippen MR) is 126 cm³/mol. The Morgan fingerprint density at radius 2 is 1.94 bits per heavy atom. The van der Waals surface area contributed by atoms with Gasteiger partial charge in [0.2, 0.25) is 5.43 Å². The van der Waals surface area contributed by atoms with Gasteiger partial charge in [-0.05, 0) is 56.7 Å². The van der Waals surface area contributed by atoms with Crippen LogP contribution in [-0.2, 0) is 6.42 Å². The minimum atomic E-state index is -0.486. The van der Waals surface area contributed by atoms with Gasteiger partial charge in [-0.2, -0.15) is 5.10 Å². The summed E-state index contributed by atoms with van der Waals surface area (Å²) in [5, 5.41) is 10.8. The molecular formula is C22H19ClN4O2S2. The summed E-state index contributed by atoms with van der Waals surface area (Å²) in [6, 6.07) is 12.5. The molecule has 4 rings (SSSR count). The minimum absolute atomic E-state index is 0.134. The van der Waals surface area contributed by atoms with Crippen LogP contribution in [0.2, 0.25) is 5.02 Å². The van der Waals surface area contributed by atoms with Crippen LogP contribution in [-0.4, -0.2) is 27.2 Å². The van der Waals surface area contributed by atoms with Gasteiger partial charge in [0, 0.05) is 33.6 Å². The highest BCUT2D eigenvalue weighted by atomic mass is 35.5. The first-order chi connectivity index (χ1) is 14.9. The summed E-state index contributed by atoms with van der Waals surface area (Å²) in [7, 11) is 0. The van der Waals surface area contributed by atoms with E-state index in [4.69, 9.17) is 11.6 Å². The van der Waals surface area contributed by atoms with E-state index in [1.165, 1.54) is 6.07 Å². The van der Waals surface area contributed by atoms with Gasteiger partial charge in [-0.25, -0.2) is 9.67 Å². The molecule has 158 valence electrons. The van der Waals surface area contributed by atoms with Crippen molar-refractivity contribution in [2.45, 2.75) is 20.3 Å². The third kappa shape index (κ3) is 4.92. The maximum absolute atomic E-state index is 12.6. The van der Waals surface area contributed by atoms with Crippen molar-refractivity contribution in [2.75, 3.05) is 6.54 Å². The first kappa shape index (κ1) is 21.4. The van der Waals surface area contributed by atoms with Crippen molar-refractivity contribution in [2.24, 2.45) is 0 Å². The molecule has 0 spiro atoms. The molecule has 3 aromatic heterocycles. The number of carbonyl (C=O) groups excluding carboxylic acids is 1. The highest BCUT2D eigenvalue weighted by Gasteiger charge is 2.15. The zero-order valence-electron chi connectivity index (χ0n) is 16.9. The lowest BCUT2D eigenvalue weighted by Crippen LogP contribution is -2.33. The van der Waals surface area contributed by atoms with Crippen LogP contribution in [0.25, 0.3) is 16.3 Å². The summed E-state index contributed by atoms with van der Waals surface area (Å²) < 4.78 is 1.56. The van der Waals surface area contributed by atoms with Gasteiger partial charge >= 0.3 is 0 Å². The highest BCUT2D eigenvalue weighted by Crippen LogP contribution is 2.29. The Hall–Kier alpha value is -2.81. The van der Waals surface area contributed by atoms with Crippen LogP contribution >= 0.6 is 34.3 Å². The van der Waals surface area contributed by atoms with Crippen LogP contribution in [0.3, 0.4) is 0 Å². The lowest BCUT2D eigenvalue weighted by Gasteiger charge is -2.11. The van der Waals surface area contributed by atoms with Crippen molar-refractivity contribution in [1.29, 1.82) is 0 Å². The van der Waals surface area contributed by atoms with E-state index in [-0.39, 0.29) is 5.69 Å². The SMILES string of the molecule is Cc1nc(-c2ccc(CCNC(=O)c3nn(-c4ccc(Cl)cc4)c(C)cc3=O)s2)cs1. The number of amides is 1. The summed E-state index contributed by atoms with van der Waals surface area (Å²) in [4.78, 5) is 31.7.